The summed E-state index contributed by atoms with van der Waals surface area (Å²) in [6.45, 7) is 6.27. The molecule has 0 heterocycles. The monoisotopic (exact) mass is 267 g/mol. The fourth-order valence-electron chi connectivity index (χ4n) is 1.83. The van der Waals surface area contributed by atoms with E-state index >= 15 is 0 Å². The molecule has 3 nitrogen and oxygen atoms in total. The van der Waals surface area contributed by atoms with E-state index in [0.717, 1.165) is 17.5 Å². The molecule has 18 heavy (non-hydrogen) atoms. The standard InChI is InChI=1S/C14H21NO2S/c1-11(2)9-14(3,18-15)13(16)17-10-12-7-5-4-6-8-12/h4-8,11H,9-10,15H2,1-3H3/t14-/m1/s1. The predicted molar refractivity (Wildman–Crippen MR) is 75.9 cm³/mol. The first-order chi connectivity index (χ1) is 8.48. The van der Waals surface area contributed by atoms with Gasteiger partial charge in [0.1, 0.15) is 11.4 Å². The van der Waals surface area contributed by atoms with Gasteiger partial charge >= 0.3 is 5.97 Å². The maximum atomic E-state index is 12.1. The van der Waals surface area contributed by atoms with Gasteiger partial charge in [-0.25, -0.2) is 0 Å². The number of ether oxygens (including phenoxy) is 1. The fraction of sp³-hybridized carbons (Fsp3) is 0.500. The van der Waals surface area contributed by atoms with Gasteiger partial charge in [-0.05, 0) is 24.8 Å². The molecule has 0 radical (unpaired) electrons. The van der Waals surface area contributed by atoms with Crippen LogP contribution in [0.3, 0.4) is 0 Å². The van der Waals surface area contributed by atoms with Gasteiger partial charge < -0.3 is 4.74 Å². The van der Waals surface area contributed by atoms with Crippen molar-refractivity contribution in [3.8, 4) is 0 Å². The summed E-state index contributed by atoms with van der Waals surface area (Å²) in [6, 6.07) is 9.65. The molecule has 1 aromatic carbocycles. The molecule has 1 rings (SSSR count). The number of carbonyl (C=O) groups excluding carboxylic acids is 1. The van der Waals surface area contributed by atoms with Crippen LogP contribution in [0.1, 0.15) is 32.8 Å². The summed E-state index contributed by atoms with van der Waals surface area (Å²) in [5.41, 5.74) is 0.986. The zero-order valence-electron chi connectivity index (χ0n) is 11.2. The quantitative estimate of drug-likeness (QED) is 0.635. The maximum absolute atomic E-state index is 12.1. The molecular weight excluding hydrogens is 246 g/mol. The van der Waals surface area contributed by atoms with E-state index in [1.54, 1.807) is 0 Å². The van der Waals surface area contributed by atoms with Crippen molar-refractivity contribution in [2.75, 3.05) is 0 Å². The van der Waals surface area contributed by atoms with E-state index in [0.29, 0.717) is 18.9 Å². The van der Waals surface area contributed by atoms with Gasteiger partial charge in [0, 0.05) is 0 Å². The topological polar surface area (TPSA) is 52.3 Å². The Balaban J connectivity index is 2.58. The van der Waals surface area contributed by atoms with E-state index in [4.69, 9.17) is 9.88 Å². The van der Waals surface area contributed by atoms with Crippen LogP contribution in [0.2, 0.25) is 0 Å². The minimum Gasteiger partial charge on any atom is -0.460 e. The highest BCUT2D eigenvalue weighted by atomic mass is 32.2. The van der Waals surface area contributed by atoms with Gasteiger partial charge in [0.25, 0.3) is 0 Å². The van der Waals surface area contributed by atoms with Crippen molar-refractivity contribution in [1.82, 2.24) is 0 Å². The second kappa shape index (κ2) is 6.81. The summed E-state index contributed by atoms with van der Waals surface area (Å²) in [5.74, 6) is 0.155. The summed E-state index contributed by atoms with van der Waals surface area (Å²) >= 11 is 1.07. The smallest absolute Gasteiger partial charge is 0.323 e. The van der Waals surface area contributed by atoms with E-state index < -0.39 is 4.75 Å². The van der Waals surface area contributed by atoms with Crippen LogP contribution in [0, 0.1) is 5.92 Å². The van der Waals surface area contributed by atoms with Crippen molar-refractivity contribution in [3.05, 3.63) is 35.9 Å². The lowest BCUT2D eigenvalue weighted by Gasteiger charge is -2.26. The first-order valence-electron chi connectivity index (χ1n) is 6.07. The highest BCUT2D eigenvalue weighted by Gasteiger charge is 2.35. The molecular formula is C14H21NO2S. The van der Waals surface area contributed by atoms with Gasteiger partial charge in [-0.15, -0.1) is 0 Å². The Morgan fingerprint density at radius 3 is 2.50 bits per heavy atom. The third kappa shape index (κ3) is 4.35. The van der Waals surface area contributed by atoms with Crippen molar-refractivity contribution in [2.45, 2.75) is 38.5 Å². The molecule has 0 aliphatic carbocycles. The van der Waals surface area contributed by atoms with Crippen LogP contribution in [0.4, 0.5) is 0 Å². The van der Waals surface area contributed by atoms with Crippen molar-refractivity contribution < 1.29 is 9.53 Å². The zero-order chi connectivity index (χ0) is 13.6. The second-order valence-electron chi connectivity index (χ2n) is 5.01. The lowest BCUT2D eigenvalue weighted by Crippen LogP contribution is -2.36. The van der Waals surface area contributed by atoms with Crippen LogP contribution in [-0.4, -0.2) is 10.7 Å². The largest absolute Gasteiger partial charge is 0.460 e. The number of carbonyl (C=O) groups is 1. The van der Waals surface area contributed by atoms with Crippen LogP contribution in [0.5, 0.6) is 0 Å². The fourth-order valence-corrected chi connectivity index (χ4v) is 2.42. The Morgan fingerprint density at radius 1 is 1.39 bits per heavy atom. The predicted octanol–water partition coefficient (Wildman–Crippen LogP) is 3.14. The molecule has 0 saturated carbocycles. The molecule has 0 aromatic heterocycles. The minimum absolute atomic E-state index is 0.243. The van der Waals surface area contributed by atoms with Gasteiger partial charge in [-0.3, -0.25) is 9.93 Å². The van der Waals surface area contributed by atoms with Crippen molar-refractivity contribution >= 4 is 17.9 Å². The normalized spacial score (nSPS) is 14.3. The first kappa shape index (κ1) is 15.1. The van der Waals surface area contributed by atoms with E-state index in [9.17, 15) is 4.79 Å². The Labute approximate surface area is 113 Å². The molecule has 0 bridgehead atoms. The lowest BCUT2D eigenvalue weighted by atomic mass is 9.98. The van der Waals surface area contributed by atoms with Crippen molar-refractivity contribution in [3.63, 3.8) is 0 Å². The SMILES string of the molecule is CC(C)C[C@@](C)(SN)C(=O)OCc1ccccc1. The van der Waals surface area contributed by atoms with E-state index in [1.807, 2.05) is 37.3 Å². The molecule has 0 aliphatic rings. The van der Waals surface area contributed by atoms with Crippen LogP contribution in [0.15, 0.2) is 30.3 Å². The number of hydrogen-bond donors (Lipinski definition) is 1. The Hall–Kier alpha value is -1.00. The summed E-state index contributed by atoms with van der Waals surface area (Å²) < 4.78 is 4.68. The van der Waals surface area contributed by atoms with E-state index in [2.05, 4.69) is 13.8 Å². The molecule has 0 unspecified atom stereocenters. The van der Waals surface area contributed by atoms with Crippen LogP contribution >= 0.6 is 11.9 Å². The summed E-state index contributed by atoms with van der Waals surface area (Å²) in [6.07, 6.45) is 0.710. The molecule has 0 amide bonds. The Bertz CT molecular complexity index is 381. The molecule has 1 atom stereocenters. The van der Waals surface area contributed by atoms with Crippen LogP contribution in [-0.2, 0) is 16.1 Å². The summed E-state index contributed by atoms with van der Waals surface area (Å²) in [4.78, 5) is 12.1. The van der Waals surface area contributed by atoms with Gasteiger partial charge in [0.05, 0.1) is 0 Å². The molecule has 1 aromatic rings. The average Bonchev–Trinajstić information content (AvgIpc) is 2.36. The van der Waals surface area contributed by atoms with Gasteiger partial charge in [-0.1, -0.05) is 56.1 Å². The molecule has 100 valence electrons. The van der Waals surface area contributed by atoms with Gasteiger partial charge in [0.15, 0.2) is 0 Å². The van der Waals surface area contributed by atoms with Crippen molar-refractivity contribution in [1.29, 1.82) is 0 Å². The summed E-state index contributed by atoms with van der Waals surface area (Å²) in [5, 5.41) is 5.64. The minimum atomic E-state index is -0.664. The molecule has 0 aliphatic heterocycles. The first-order valence-corrected chi connectivity index (χ1v) is 6.95. The Morgan fingerprint density at radius 2 is 2.00 bits per heavy atom. The highest BCUT2D eigenvalue weighted by molar-refractivity contribution is 7.99. The molecule has 2 N–H and O–H groups in total. The number of nitrogens with two attached hydrogens (primary N) is 1. The molecule has 0 fully saturated rings. The molecule has 0 spiro atoms. The second-order valence-corrected chi connectivity index (χ2v) is 6.15. The van der Waals surface area contributed by atoms with Crippen LogP contribution < -0.4 is 5.14 Å². The lowest BCUT2D eigenvalue weighted by molar-refractivity contribution is -0.147. The number of benzene rings is 1. The Kier molecular flexibility index (Phi) is 5.69. The molecule has 4 heteroatoms. The van der Waals surface area contributed by atoms with Gasteiger partial charge in [0.2, 0.25) is 0 Å². The average molecular weight is 267 g/mol. The number of rotatable bonds is 6. The highest BCUT2D eigenvalue weighted by Crippen LogP contribution is 2.29. The number of esters is 1. The van der Waals surface area contributed by atoms with E-state index in [-0.39, 0.29) is 5.97 Å². The summed E-state index contributed by atoms with van der Waals surface area (Å²) in [7, 11) is 0. The maximum Gasteiger partial charge on any atom is 0.323 e. The zero-order valence-corrected chi connectivity index (χ0v) is 12.0. The van der Waals surface area contributed by atoms with E-state index in [1.165, 1.54) is 0 Å². The third-order valence-corrected chi connectivity index (χ3v) is 3.56. The molecule has 0 saturated heterocycles. The third-order valence-electron chi connectivity index (χ3n) is 2.70. The van der Waals surface area contributed by atoms with Gasteiger partial charge in [-0.2, -0.15) is 0 Å². The van der Waals surface area contributed by atoms with Crippen LogP contribution in [0.25, 0.3) is 0 Å². The van der Waals surface area contributed by atoms with Crippen molar-refractivity contribution in [2.24, 2.45) is 11.1 Å². The number of hydrogen-bond acceptors (Lipinski definition) is 4.